The zero-order valence-electron chi connectivity index (χ0n) is 14.5. The summed E-state index contributed by atoms with van der Waals surface area (Å²) in [6, 6.07) is 17.2. The summed E-state index contributed by atoms with van der Waals surface area (Å²) in [4.78, 5) is 25.5. The van der Waals surface area contributed by atoms with E-state index in [4.69, 9.17) is 4.74 Å². The molecule has 0 aliphatic carbocycles. The minimum atomic E-state index is -0.449. The number of benzene rings is 2. The van der Waals surface area contributed by atoms with E-state index in [-0.39, 0.29) is 11.5 Å². The molecule has 3 rings (SSSR count). The van der Waals surface area contributed by atoms with Gasteiger partial charge < -0.3 is 15.0 Å². The van der Waals surface area contributed by atoms with Crippen molar-refractivity contribution in [3.05, 3.63) is 80.8 Å². The highest BCUT2D eigenvalue weighted by atomic mass is 32.1. The number of alkyl carbamates (subject to hydrolysis) is 1. The van der Waals surface area contributed by atoms with Crippen LogP contribution in [-0.2, 0) is 11.3 Å². The van der Waals surface area contributed by atoms with Gasteiger partial charge in [-0.3, -0.25) is 4.79 Å². The Balaban J connectivity index is 1.40. The first-order chi connectivity index (χ1) is 13.2. The molecule has 2 N–H and O–H groups in total. The van der Waals surface area contributed by atoms with Crippen LogP contribution in [0.3, 0.4) is 0 Å². The van der Waals surface area contributed by atoms with Crippen LogP contribution in [0.5, 0.6) is 0 Å². The van der Waals surface area contributed by atoms with E-state index in [1.165, 1.54) is 0 Å². The first-order valence-electron chi connectivity index (χ1n) is 8.42. The van der Waals surface area contributed by atoms with Crippen molar-refractivity contribution in [2.24, 2.45) is 0 Å². The van der Waals surface area contributed by atoms with E-state index in [1.807, 2.05) is 54.6 Å². The summed E-state index contributed by atoms with van der Waals surface area (Å²) in [5, 5.41) is 4.47. The van der Waals surface area contributed by atoms with Crippen molar-refractivity contribution in [1.29, 1.82) is 0 Å². The number of amides is 1. The molecule has 1 aromatic heterocycles. The second-order valence-corrected chi connectivity index (χ2v) is 6.52. The van der Waals surface area contributed by atoms with E-state index in [9.17, 15) is 9.59 Å². The van der Waals surface area contributed by atoms with Crippen molar-refractivity contribution >= 4 is 17.4 Å². The molecule has 0 saturated heterocycles. The Morgan fingerprint density at radius 1 is 1.11 bits per heavy atom. The number of carbonyl (C=O) groups excluding carboxylic acids is 1. The fourth-order valence-electron chi connectivity index (χ4n) is 2.32. The van der Waals surface area contributed by atoms with E-state index in [0.717, 1.165) is 33.7 Å². The summed E-state index contributed by atoms with van der Waals surface area (Å²) >= 11 is 1.14. The van der Waals surface area contributed by atoms with Crippen LogP contribution in [-0.4, -0.2) is 17.6 Å². The zero-order valence-corrected chi connectivity index (χ0v) is 15.3. The second-order valence-electron chi connectivity index (χ2n) is 5.68. The molecule has 0 fully saturated rings. The normalized spacial score (nSPS) is 9.93. The van der Waals surface area contributed by atoms with Crippen LogP contribution in [0, 0.1) is 11.8 Å². The number of nitrogens with one attached hydrogen (secondary N) is 2. The predicted molar refractivity (Wildman–Crippen MR) is 107 cm³/mol. The van der Waals surface area contributed by atoms with Crippen molar-refractivity contribution in [1.82, 2.24) is 10.3 Å². The van der Waals surface area contributed by atoms with Crippen molar-refractivity contribution in [2.75, 3.05) is 6.54 Å². The molecule has 0 bridgehead atoms. The van der Waals surface area contributed by atoms with E-state index in [0.29, 0.717) is 13.0 Å². The number of thiazole rings is 1. The molecule has 6 heteroatoms. The number of rotatable bonds is 5. The lowest BCUT2D eigenvalue weighted by Gasteiger charge is -2.05. The lowest BCUT2D eigenvalue weighted by molar-refractivity contribution is 0.140. The van der Waals surface area contributed by atoms with Gasteiger partial charge >= 0.3 is 11.0 Å². The lowest BCUT2D eigenvalue weighted by atomic mass is 10.1. The Morgan fingerprint density at radius 2 is 1.89 bits per heavy atom. The Morgan fingerprint density at radius 3 is 2.59 bits per heavy atom. The summed E-state index contributed by atoms with van der Waals surface area (Å²) < 4.78 is 5.13. The molecule has 1 heterocycles. The first-order valence-corrected chi connectivity index (χ1v) is 9.30. The molecule has 0 saturated carbocycles. The number of H-pyrrole nitrogens is 1. The maximum atomic E-state index is 11.6. The third kappa shape index (κ3) is 5.87. The first kappa shape index (κ1) is 18.5. The van der Waals surface area contributed by atoms with Crippen molar-refractivity contribution in [3.8, 4) is 23.1 Å². The lowest BCUT2D eigenvalue weighted by Crippen LogP contribution is -2.24. The minimum Gasteiger partial charge on any atom is -0.445 e. The van der Waals surface area contributed by atoms with Crippen LogP contribution < -0.4 is 10.2 Å². The highest BCUT2D eigenvalue weighted by molar-refractivity contribution is 7.07. The molecule has 0 radical (unpaired) electrons. The van der Waals surface area contributed by atoms with Crippen molar-refractivity contribution in [2.45, 2.75) is 13.0 Å². The van der Waals surface area contributed by atoms with Crippen molar-refractivity contribution < 1.29 is 9.53 Å². The molecule has 0 aliphatic rings. The highest BCUT2D eigenvalue weighted by Gasteiger charge is 2.01. The molecule has 2 aromatic carbocycles. The molecule has 3 aromatic rings. The molecule has 136 valence electrons. The van der Waals surface area contributed by atoms with Crippen LogP contribution in [0.1, 0.15) is 17.5 Å². The standard InChI is InChI=1S/C21H18N2O3S/c24-20(26-14-17-7-2-1-3-8-17)22-13-5-4-6-16-9-11-18(12-10-16)19-15-27-21(25)23-19/h1-3,7-12,15H,5,13-14H2,(H,22,24)(H,23,25). The summed E-state index contributed by atoms with van der Waals surface area (Å²) in [5.74, 6) is 6.07. The monoisotopic (exact) mass is 378 g/mol. The third-order valence-corrected chi connectivity index (χ3v) is 4.35. The van der Waals surface area contributed by atoms with Gasteiger partial charge in [-0.15, -0.1) is 0 Å². The number of aromatic nitrogens is 1. The predicted octanol–water partition coefficient (Wildman–Crippen LogP) is 3.77. The van der Waals surface area contributed by atoms with Gasteiger partial charge in [-0.25, -0.2) is 4.79 Å². The quantitative estimate of drug-likeness (QED) is 0.524. The smallest absolute Gasteiger partial charge is 0.407 e. The highest BCUT2D eigenvalue weighted by Crippen LogP contribution is 2.17. The number of hydrogen-bond donors (Lipinski definition) is 2. The summed E-state index contributed by atoms with van der Waals surface area (Å²) in [6.45, 7) is 0.676. The summed E-state index contributed by atoms with van der Waals surface area (Å²) in [5.41, 5.74) is 3.58. The topological polar surface area (TPSA) is 71.2 Å². The van der Waals surface area contributed by atoms with Gasteiger partial charge in [0.1, 0.15) is 6.61 Å². The fraction of sp³-hybridized carbons (Fsp3) is 0.143. The Bertz CT molecular complexity index is 995. The van der Waals surface area contributed by atoms with E-state index >= 15 is 0 Å². The molecule has 0 atom stereocenters. The SMILES string of the molecule is O=C(NCCC#Cc1ccc(-c2csc(=O)[nH]2)cc1)OCc1ccccc1. The maximum absolute atomic E-state index is 11.6. The van der Waals surface area contributed by atoms with Crippen LogP contribution >= 0.6 is 11.3 Å². The molecular formula is C21H18N2O3S. The molecule has 0 aliphatic heterocycles. The van der Waals surface area contributed by atoms with Gasteiger partial charge in [0, 0.05) is 23.9 Å². The van der Waals surface area contributed by atoms with Gasteiger partial charge in [-0.2, -0.15) is 0 Å². The number of carbonyl (C=O) groups is 1. The van der Waals surface area contributed by atoms with Gasteiger partial charge in [0.25, 0.3) is 0 Å². The van der Waals surface area contributed by atoms with E-state index < -0.39 is 6.09 Å². The molecule has 5 nitrogen and oxygen atoms in total. The third-order valence-electron chi connectivity index (χ3n) is 3.68. The Kier molecular flexibility index (Phi) is 6.45. The maximum Gasteiger partial charge on any atom is 0.407 e. The zero-order chi connectivity index (χ0) is 18.9. The largest absolute Gasteiger partial charge is 0.445 e. The second kappa shape index (κ2) is 9.41. The molecule has 0 unspecified atom stereocenters. The van der Waals surface area contributed by atoms with Crippen LogP contribution in [0.4, 0.5) is 4.79 Å². The van der Waals surface area contributed by atoms with Gasteiger partial charge in [0.2, 0.25) is 0 Å². The Labute approximate surface area is 161 Å². The molecular weight excluding hydrogens is 360 g/mol. The number of ether oxygens (including phenoxy) is 1. The van der Waals surface area contributed by atoms with E-state index in [2.05, 4.69) is 22.1 Å². The van der Waals surface area contributed by atoms with Crippen LogP contribution in [0.15, 0.2) is 64.8 Å². The van der Waals surface area contributed by atoms with Crippen molar-refractivity contribution in [3.63, 3.8) is 0 Å². The summed E-state index contributed by atoms with van der Waals surface area (Å²) in [6.07, 6.45) is 0.0785. The van der Waals surface area contributed by atoms with Crippen LogP contribution in [0.25, 0.3) is 11.3 Å². The molecule has 0 spiro atoms. The van der Waals surface area contributed by atoms with Gasteiger partial charge in [-0.05, 0) is 23.3 Å². The Hall–Kier alpha value is -3.30. The number of hydrogen-bond acceptors (Lipinski definition) is 4. The molecule has 1 amide bonds. The van der Waals surface area contributed by atoms with Gasteiger partial charge in [0.05, 0.1) is 5.69 Å². The average molecular weight is 378 g/mol. The number of aromatic amines is 1. The van der Waals surface area contributed by atoms with E-state index in [1.54, 1.807) is 5.38 Å². The fourth-order valence-corrected chi connectivity index (χ4v) is 2.91. The van der Waals surface area contributed by atoms with Crippen LogP contribution in [0.2, 0.25) is 0 Å². The van der Waals surface area contributed by atoms with Gasteiger partial charge in [-0.1, -0.05) is 65.6 Å². The van der Waals surface area contributed by atoms with Gasteiger partial charge in [0.15, 0.2) is 0 Å². The molecule has 27 heavy (non-hydrogen) atoms. The average Bonchev–Trinajstić information content (AvgIpc) is 3.14. The summed E-state index contributed by atoms with van der Waals surface area (Å²) in [7, 11) is 0. The minimum absolute atomic E-state index is 0.0661.